The van der Waals surface area contributed by atoms with Crippen molar-refractivity contribution in [1.29, 1.82) is 0 Å². The van der Waals surface area contributed by atoms with Crippen LogP contribution in [0.2, 0.25) is 0 Å². The largest absolute Gasteiger partial charge is 0.391 e. The van der Waals surface area contributed by atoms with Gasteiger partial charge in [0, 0.05) is 12.7 Å². The van der Waals surface area contributed by atoms with Gasteiger partial charge in [0.25, 0.3) is 0 Å². The van der Waals surface area contributed by atoms with E-state index in [1.807, 2.05) is 30.3 Å². The van der Waals surface area contributed by atoms with Crippen LogP contribution in [0.25, 0.3) is 11.0 Å². The standard InChI is InChI=1S/C18H20N4O4/c23-10-18(15(25)14(24)9-26-18)22-7-6-13-16(20-11-21-17(13)22)19-8-12-4-2-1-3-5-12/h1-7,11,14-15,23-25H,8-10H2,(H,19,20,21)/t14-,15-,18-/m0/s1. The Bertz CT molecular complexity index is 901. The molecule has 0 unspecified atom stereocenters. The van der Waals surface area contributed by atoms with Crippen molar-refractivity contribution in [1.82, 2.24) is 14.5 Å². The molecule has 4 rings (SSSR count). The minimum Gasteiger partial charge on any atom is -0.391 e. The summed E-state index contributed by atoms with van der Waals surface area (Å²) in [6.07, 6.45) is 0.746. The molecule has 136 valence electrons. The molecule has 8 heteroatoms. The molecule has 0 spiro atoms. The summed E-state index contributed by atoms with van der Waals surface area (Å²) >= 11 is 0. The van der Waals surface area contributed by atoms with E-state index in [4.69, 9.17) is 4.74 Å². The monoisotopic (exact) mass is 356 g/mol. The Morgan fingerprint density at radius 2 is 2.00 bits per heavy atom. The Hall–Kier alpha value is -2.52. The number of benzene rings is 1. The van der Waals surface area contributed by atoms with E-state index in [1.54, 1.807) is 16.8 Å². The number of aromatic nitrogens is 3. The first kappa shape index (κ1) is 16.9. The highest BCUT2D eigenvalue weighted by molar-refractivity contribution is 5.87. The highest BCUT2D eigenvalue weighted by atomic mass is 16.6. The summed E-state index contributed by atoms with van der Waals surface area (Å²) < 4.78 is 7.12. The fraction of sp³-hybridized carbons (Fsp3) is 0.333. The van der Waals surface area contributed by atoms with Crippen molar-refractivity contribution in [3.05, 3.63) is 54.5 Å². The molecule has 3 heterocycles. The van der Waals surface area contributed by atoms with Crippen LogP contribution in [0.5, 0.6) is 0 Å². The molecule has 8 nitrogen and oxygen atoms in total. The van der Waals surface area contributed by atoms with E-state index in [-0.39, 0.29) is 6.61 Å². The first-order chi connectivity index (χ1) is 12.7. The maximum atomic E-state index is 10.3. The highest BCUT2D eigenvalue weighted by Gasteiger charge is 2.50. The molecule has 3 atom stereocenters. The van der Waals surface area contributed by atoms with Gasteiger partial charge in [-0.25, -0.2) is 9.97 Å². The number of hydrogen-bond acceptors (Lipinski definition) is 7. The molecule has 3 aromatic rings. The summed E-state index contributed by atoms with van der Waals surface area (Å²) in [6, 6.07) is 11.7. The zero-order valence-corrected chi connectivity index (χ0v) is 14.0. The third kappa shape index (κ3) is 2.63. The lowest BCUT2D eigenvalue weighted by Crippen LogP contribution is -2.48. The number of fused-ring (bicyclic) bond motifs is 1. The van der Waals surface area contributed by atoms with Gasteiger partial charge < -0.3 is 25.4 Å². The maximum absolute atomic E-state index is 10.3. The molecule has 1 aliphatic heterocycles. The predicted molar refractivity (Wildman–Crippen MR) is 94.3 cm³/mol. The second-order valence-electron chi connectivity index (χ2n) is 6.31. The molecule has 0 saturated carbocycles. The van der Waals surface area contributed by atoms with E-state index in [0.29, 0.717) is 18.0 Å². The van der Waals surface area contributed by atoms with Crippen LogP contribution in [-0.2, 0) is 17.0 Å². The molecule has 0 aliphatic carbocycles. The van der Waals surface area contributed by atoms with Crippen LogP contribution < -0.4 is 5.32 Å². The van der Waals surface area contributed by atoms with Gasteiger partial charge in [-0.1, -0.05) is 30.3 Å². The molecule has 0 radical (unpaired) electrons. The third-order valence-electron chi connectivity index (χ3n) is 4.75. The summed E-state index contributed by atoms with van der Waals surface area (Å²) in [5.41, 5.74) is 0.146. The fourth-order valence-electron chi connectivity index (χ4n) is 3.31. The quantitative estimate of drug-likeness (QED) is 0.525. The Morgan fingerprint density at radius 3 is 2.69 bits per heavy atom. The minimum atomic E-state index is -1.47. The molecule has 0 bridgehead atoms. The molecular formula is C18H20N4O4. The summed E-state index contributed by atoms with van der Waals surface area (Å²) in [6.45, 7) is 0.0402. The number of aliphatic hydroxyl groups is 3. The normalized spacial score (nSPS) is 25.7. The van der Waals surface area contributed by atoms with Gasteiger partial charge in [0.05, 0.1) is 18.6 Å². The van der Waals surface area contributed by atoms with Crippen molar-refractivity contribution in [3.8, 4) is 0 Å². The molecule has 26 heavy (non-hydrogen) atoms. The molecule has 1 fully saturated rings. The number of nitrogens with one attached hydrogen (secondary N) is 1. The zero-order valence-electron chi connectivity index (χ0n) is 14.0. The van der Waals surface area contributed by atoms with E-state index >= 15 is 0 Å². The Labute approximate surface area is 149 Å². The van der Waals surface area contributed by atoms with Gasteiger partial charge in [-0.3, -0.25) is 4.57 Å². The van der Waals surface area contributed by atoms with Crippen molar-refractivity contribution >= 4 is 16.9 Å². The van der Waals surface area contributed by atoms with Crippen LogP contribution in [-0.4, -0.2) is 55.3 Å². The summed E-state index contributed by atoms with van der Waals surface area (Å²) in [7, 11) is 0. The van der Waals surface area contributed by atoms with Crippen LogP contribution in [0, 0.1) is 0 Å². The van der Waals surface area contributed by atoms with Gasteiger partial charge in [-0.15, -0.1) is 0 Å². The van der Waals surface area contributed by atoms with E-state index in [2.05, 4.69) is 15.3 Å². The number of anilines is 1. The van der Waals surface area contributed by atoms with Crippen LogP contribution in [0.1, 0.15) is 5.56 Å². The molecule has 0 amide bonds. The number of rotatable bonds is 5. The molecule has 1 aromatic carbocycles. The summed E-state index contributed by atoms with van der Waals surface area (Å²) in [5, 5.41) is 34.1. The summed E-state index contributed by atoms with van der Waals surface area (Å²) in [5.74, 6) is 0.638. The van der Waals surface area contributed by atoms with Crippen molar-refractivity contribution < 1.29 is 20.1 Å². The van der Waals surface area contributed by atoms with Crippen LogP contribution in [0.3, 0.4) is 0 Å². The lowest BCUT2D eigenvalue weighted by atomic mass is 10.1. The number of aliphatic hydroxyl groups excluding tert-OH is 3. The van der Waals surface area contributed by atoms with Gasteiger partial charge in [0.1, 0.15) is 30.0 Å². The average Bonchev–Trinajstić information content (AvgIpc) is 3.24. The minimum absolute atomic E-state index is 0.0639. The average molecular weight is 356 g/mol. The Kier molecular flexibility index (Phi) is 4.33. The lowest BCUT2D eigenvalue weighted by molar-refractivity contribution is -0.149. The first-order valence-electron chi connectivity index (χ1n) is 8.37. The predicted octanol–water partition coefficient (Wildman–Crippen LogP) is 0.440. The number of hydrogen-bond donors (Lipinski definition) is 4. The molecule has 1 saturated heterocycles. The van der Waals surface area contributed by atoms with Crippen molar-refractivity contribution in [3.63, 3.8) is 0 Å². The fourth-order valence-corrected chi connectivity index (χ4v) is 3.31. The smallest absolute Gasteiger partial charge is 0.198 e. The SMILES string of the molecule is OC[C@]1(n2ccc3c(NCc4ccccc4)ncnc32)OC[C@H](O)[C@@H]1O. The second-order valence-corrected chi connectivity index (χ2v) is 6.31. The summed E-state index contributed by atoms with van der Waals surface area (Å²) in [4.78, 5) is 8.58. The third-order valence-corrected chi connectivity index (χ3v) is 4.75. The number of nitrogens with zero attached hydrogens (tertiary/aromatic N) is 3. The van der Waals surface area contributed by atoms with Crippen molar-refractivity contribution in [2.75, 3.05) is 18.5 Å². The van der Waals surface area contributed by atoms with E-state index in [9.17, 15) is 15.3 Å². The van der Waals surface area contributed by atoms with Gasteiger partial charge >= 0.3 is 0 Å². The van der Waals surface area contributed by atoms with E-state index in [0.717, 1.165) is 10.9 Å². The van der Waals surface area contributed by atoms with Crippen LogP contribution in [0.4, 0.5) is 5.82 Å². The first-order valence-corrected chi connectivity index (χ1v) is 8.37. The van der Waals surface area contributed by atoms with Crippen molar-refractivity contribution in [2.45, 2.75) is 24.5 Å². The Morgan fingerprint density at radius 1 is 1.19 bits per heavy atom. The van der Waals surface area contributed by atoms with Gasteiger partial charge in [0.2, 0.25) is 0 Å². The molecule has 1 aliphatic rings. The van der Waals surface area contributed by atoms with Gasteiger partial charge in [0.15, 0.2) is 5.72 Å². The van der Waals surface area contributed by atoms with Gasteiger partial charge in [-0.05, 0) is 11.6 Å². The molecule has 4 N–H and O–H groups in total. The van der Waals surface area contributed by atoms with Crippen LogP contribution in [0.15, 0.2) is 48.9 Å². The zero-order chi connectivity index (χ0) is 18.1. The second kappa shape index (κ2) is 6.65. The molecule has 2 aromatic heterocycles. The highest BCUT2D eigenvalue weighted by Crippen LogP contribution is 2.35. The number of ether oxygens (including phenoxy) is 1. The van der Waals surface area contributed by atoms with Crippen LogP contribution >= 0.6 is 0 Å². The lowest BCUT2D eigenvalue weighted by Gasteiger charge is -2.31. The van der Waals surface area contributed by atoms with E-state index < -0.39 is 24.5 Å². The van der Waals surface area contributed by atoms with E-state index in [1.165, 1.54) is 6.33 Å². The van der Waals surface area contributed by atoms with Crippen molar-refractivity contribution in [2.24, 2.45) is 0 Å². The topological polar surface area (TPSA) is 113 Å². The Balaban J connectivity index is 1.69. The maximum Gasteiger partial charge on any atom is 0.198 e. The molecular weight excluding hydrogens is 336 g/mol. The van der Waals surface area contributed by atoms with Gasteiger partial charge in [-0.2, -0.15) is 0 Å².